The fourth-order valence-electron chi connectivity index (χ4n) is 3.57. The number of anilines is 2. The Morgan fingerprint density at radius 2 is 1.04 bits per heavy atom. The van der Waals surface area contributed by atoms with Gasteiger partial charge < -0.3 is 26.4 Å². The monoisotopic (exact) mass is 866 g/mol. The van der Waals surface area contributed by atoms with Gasteiger partial charge in [-0.3, -0.25) is 4.79 Å². The third-order valence-corrected chi connectivity index (χ3v) is 6.13. The first-order valence-electron chi connectivity index (χ1n) is 13.1. The minimum absolute atomic E-state index is 0.0444. The molecule has 6 N–H and O–H groups in total. The summed E-state index contributed by atoms with van der Waals surface area (Å²) in [4.78, 5) is 22.4. The Labute approximate surface area is 313 Å². The molecule has 0 radical (unpaired) electrons. The number of nitrogens with one attached hydrogen (secondary N) is 1. The second-order valence-corrected chi connectivity index (χ2v) is 15.6. The van der Waals surface area contributed by atoms with Crippen molar-refractivity contribution in [1.82, 2.24) is 0 Å². The number of rotatable bonds is 3. The molecule has 0 fully saturated rings. The number of hydrogen-bond acceptors (Lipinski definition) is 5. The number of nitrogen functional groups attached to an aromatic ring is 1. The fraction of sp³-hybridized carbons (Fsp3) is 0.133. The number of nitrogens with two attached hydrogens (primary N) is 1. The molecule has 0 aliphatic rings. The average molecular weight is 869 g/mol. The second-order valence-electron chi connectivity index (χ2n) is 9.70. The summed E-state index contributed by atoms with van der Waals surface area (Å²) in [6, 6.07) is 11.3. The Balaban J connectivity index is 0.000000414. The highest BCUT2D eigenvalue weighted by Gasteiger charge is 2.37. The summed E-state index contributed by atoms with van der Waals surface area (Å²) in [5.41, 5.74) is 0.750. The van der Waals surface area contributed by atoms with E-state index in [0.29, 0.717) is 22.7 Å². The summed E-state index contributed by atoms with van der Waals surface area (Å²) in [6.45, 7) is 1.58. The highest BCUT2D eigenvalue weighted by Crippen LogP contribution is 2.51. The highest BCUT2D eigenvalue weighted by molar-refractivity contribution is 8.20. The molecule has 4 rings (SSSR count). The molecule has 0 atom stereocenters. The molecule has 0 spiro atoms. The van der Waals surface area contributed by atoms with Crippen molar-refractivity contribution in [3.63, 3.8) is 0 Å². The molecule has 0 saturated carbocycles. The summed E-state index contributed by atoms with van der Waals surface area (Å²) >= 11 is 25.7. The van der Waals surface area contributed by atoms with Gasteiger partial charge in [-0.15, -0.1) is 0 Å². The van der Waals surface area contributed by atoms with E-state index < -0.39 is 70.1 Å². The quantitative estimate of drug-likeness (QED) is 0.0791. The third kappa shape index (κ3) is 16.4. The first-order valence-corrected chi connectivity index (χ1v) is 18.0. The van der Waals surface area contributed by atoms with Crippen molar-refractivity contribution in [2.24, 2.45) is 0 Å². The molecule has 0 aliphatic heterocycles. The zero-order chi connectivity index (χ0) is 40.4. The van der Waals surface area contributed by atoms with Crippen LogP contribution in [0.1, 0.15) is 43.0 Å². The highest BCUT2D eigenvalue weighted by atomic mass is 36.0. The molecule has 0 aromatic heterocycles. The number of phenolic OH excluding ortho intramolecular Hbond substituents is 1. The number of carboxylic acid groups (broad SMARTS) is 1. The molecule has 22 heteroatoms. The Bertz CT molecular complexity index is 1810. The molecular formula is C30H21Cl5F9N2O5P. The average Bonchev–Trinajstić information content (AvgIpc) is 2.98. The fourth-order valence-corrected chi connectivity index (χ4v) is 3.92. The van der Waals surface area contributed by atoms with E-state index in [4.69, 9.17) is 72.9 Å². The van der Waals surface area contributed by atoms with E-state index in [0.717, 1.165) is 24.3 Å². The number of aromatic hydroxyl groups is 2. The van der Waals surface area contributed by atoms with Crippen LogP contribution in [0.25, 0.3) is 0 Å². The molecule has 1 amide bonds. The van der Waals surface area contributed by atoms with Crippen molar-refractivity contribution in [2.45, 2.75) is 25.5 Å². The van der Waals surface area contributed by atoms with E-state index in [1.807, 2.05) is 5.32 Å². The molecule has 0 saturated heterocycles. The first kappa shape index (κ1) is 46.5. The molecule has 0 unspecified atom stereocenters. The molecule has 4 aromatic rings. The van der Waals surface area contributed by atoms with Gasteiger partial charge in [-0.25, -0.2) is 4.79 Å². The Kier molecular flexibility index (Phi) is 17.5. The number of carboxylic acids is 1. The zero-order valence-electron chi connectivity index (χ0n) is 25.4. The van der Waals surface area contributed by atoms with Gasteiger partial charge in [-0.2, -0.15) is 39.5 Å². The van der Waals surface area contributed by atoms with Gasteiger partial charge in [-0.05, 0) is 85.3 Å². The third-order valence-electron chi connectivity index (χ3n) is 5.66. The van der Waals surface area contributed by atoms with Crippen LogP contribution in [-0.4, -0.2) is 27.2 Å². The van der Waals surface area contributed by atoms with Crippen molar-refractivity contribution >= 4 is 86.2 Å². The molecule has 284 valence electrons. The summed E-state index contributed by atoms with van der Waals surface area (Å²) in [5.74, 6) is -4.32. The van der Waals surface area contributed by atoms with E-state index in [1.165, 1.54) is 30.3 Å². The van der Waals surface area contributed by atoms with Crippen LogP contribution in [0.5, 0.6) is 11.5 Å². The Morgan fingerprint density at radius 1 is 0.654 bits per heavy atom. The molecule has 52 heavy (non-hydrogen) atoms. The number of benzene rings is 4. The molecular weight excluding hydrogens is 848 g/mol. The second kappa shape index (κ2) is 19.5. The van der Waals surface area contributed by atoms with Crippen LogP contribution in [0.15, 0.2) is 72.8 Å². The number of carbonyl (C=O) groups is 2. The van der Waals surface area contributed by atoms with Gasteiger partial charge in [0.05, 0.1) is 22.3 Å². The number of aromatic carboxylic acids is 1. The van der Waals surface area contributed by atoms with Crippen molar-refractivity contribution < 1.29 is 64.4 Å². The number of alkyl halides is 9. The van der Waals surface area contributed by atoms with Gasteiger partial charge in [-0.1, -0.05) is 56.9 Å². The van der Waals surface area contributed by atoms with E-state index in [9.17, 15) is 54.2 Å². The van der Waals surface area contributed by atoms with E-state index in [1.54, 1.807) is 6.92 Å². The minimum Gasteiger partial charge on any atom is -0.507 e. The van der Waals surface area contributed by atoms with E-state index >= 15 is 0 Å². The molecule has 0 bridgehead atoms. The molecule has 0 aliphatic carbocycles. The number of carbonyl (C=O) groups excluding carboxylic acids is 1. The number of amides is 1. The van der Waals surface area contributed by atoms with Crippen molar-refractivity contribution in [2.75, 3.05) is 11.1 Å². The predicted molar refractivity (Wildman–Crippen MR) is 183 cm³/mol. The van der Waals surface area contributed by atoms with Gasteiger partial charge in [0.25, 0.3) is 5.91 Å². The van der Waals surface area contributed by atoms with E-state index in [2.05, 4.69) is 0 Å². The van der Waals surface area contributed by atoms with Crippen LogP contribution >= 0.6 is 62.9 Å². The summed E-state index contributed by atoms with van der Waals surface area (Å²) in [7, 11) is 0. The van der Waals surface area contributed by atoms with Gasteiger partial charge in [0.1, 0.15) is 17.1 Å². The maximum absolute atomic E-state index is 12.8. The number of halogens is 14. The SMILES string of the molecule is Cc1cc(N)cc(C(F)(F)F)c1.ClP(Cl)Cl.O=C(Nc1cc(C(F)(F)F)cc(C(F)(F)F)c1)c1cc(Cl)ccc1O.O=C(O)c1cc(Cl)ccc1O. The van der Waals surface area contributed by atoms with Gasteiger partial charge in [0.2, 0.25) is 0 Å². The lowest BCUT2D eigenvalue weighted by Crippen LogP contribution is -2.16. The normalized spacial score (nSPS) is 11.2. The predicted octanol–water partition coefficient (Wildman–Crippen LogP) is 12.6. The van der Waals surface area contributed by atoms with Gasteiger partial charge >= 0.3 is 24.5 Å². The van der Waals surface area contributed by atoms with Gasteiger partial charge in [0.15, 0.2) is 5.98 Å². The summed E-state index contributed by atoms with van der Waals surface area (Å²) in [5, 5.41) is 29.2. The topological polar surface area (TPSA) is 133 Å². The number of hydrogen-bond donors (Lipinski definition) is 5. The Morgan fingerprint density at radius 3 is 1.40 bits per heavy atom. The summed E-state index contributed by atoms with van der Waals surface area (Å²) in [6.07, 6.45) is -14.4. The lowest BCUT2D eigenvalue weighted by molar-refractivity contribution is -0.143. The number of aryl methyl sites for hydroxylation is 1. The lowest BCUT2D eigenvalue weighted by Gasteiger charge is -2.15. The van der Waals surface area contributed by atoms with Crippen LogP contribution in [0.3, 0.4) is 0 Å². The molecule has 0 heterocycles. The summed E-state index contributed by atoms with van der Waals surface area (Å²) < 4.78 is 113. The largest absolute Gasteiger partial charge is 0.507 e. The zero-order valence-corrected chi connectivity index (χ0v) is 30.1. The van der Waals surface area contributed by atoms with Crippen LogP contribution in [0, 0.1) is 6.92 Å². The van der Waals surface area contributed by atoms with Crippen LogP contribution < -0.4 is 11.1 Å². The van der Waals surface area contributed by atoms with Crippen LogP contribution in [0.2, 0.25) is 10.0 Å². The van der Waals surface area contributed by atoms with E-state index in [-0.39, 0.29) is 28.1 Å². The van der Waals surface area contributed by atoms with Gasteiger partial charge in [0, 0.05) is 21.4 Å². The maximum Gasteiger partial charge on any atom is 0.416 e. The Hall–Kier alpha value is -3.53. The van der Waals surface area contributed by atoms with Crippen LogP contribution in [-0.2, 0) is 18.5 Å². The first-order chi connectivity index (χ1) is 23.6. The molecule has 4 aromatic carbocycles. The van der Waals surface area contributed by atoms with Crippen molar-refractivity contribution in [3.05, 3.63) is 116 Å². The van der Waals surface area contributed by atoms with Crippen molar-refractivity contribution in [3.8, 4) is 11.5 Å². The smallest absolute Gasteiger partial charge is 0.416 e. The van der Waals surface area contributed by atoms with Crippen molar-refractivity contribution in [1.29, 1.82) is 0 Å². The lowest BCUT2D eigenvalue weighted by atomic mass is 10.1. The molecule has 7 nitrogen and oxygen atoms in total. The maximum atomic E-state index is 12.8. The minimum atomic E-state index is -5.04. The standard InChI is InChI=1S/C15H8ClF6NO2.C8H8F3N.C7H5ClO3.Cl3P/c16-9-1-2-12(24)11(6-9)13(25)23-10-4-7(14(17,18)19)3-8(5-10)15(20,21)22;1-5-2-6(8(9,10)11)4-7(12)3-5;8-4-1-2-6(9)5(3-4)7(10)11;1-4(2)3/h1-6,24H,(H,23,25);2-4H,12H2,1H3;1-3,9H,(H,10,11);. The number of phenols is 2. The van der Waals surface area contributed by atoms with Crippen LogP contribution in [0.4, 0.5) is 50.9 Å².